The van der Waals surface area contributed by atoms with Crippen LogP contribution >= 0.6 is 11.6 Å². The average Bonchev–Trinajstić information content (AvgIpc) is 2.83. The lowest BCUT2D eigenvalue weighted by Crippen LogP contribution is -1.97. The van der Waals surface area contributed by atoms with Crippen LogP contribution in [0.2, 0.25) is 5.02 Å². The maximum atomic E-state index is 14.2. The van der Waals surface area contributed by atoms with Crippen LogP contribution < -0.4 is 0 Å². The van der Waals surface area contributed by atoms with Gasteiger partial charge in [0.25, 0.3) is 0 Å². The third-order valence-corrected chi connectivity index (χ3v) is 3.81. The van der Waals surface area contributed by atoms with E-state index in [1.54, 1.807) is 24.4 Å². The van der Waals surface area contributed by atoms with Crippen LogP contribution in [-0.2, 0) is 0 Å². The van der Waals surface area contributed by atoms with Gasteiger partial charge in [0.15, 0.2) is 17.3 Å². The van der Waals surface area contributed by atoms with Gasteiger partial charge >= 0.3 is 0 Å². The fraction of sp³-hybridized carbons (Fsp3) is 0.0625. The Balaban J connectivity index is 1.94. The zero-order valence-corrected chi connectivity index (χ0v) is 12.6. The Bertz CT molecular complexity index is 1070. The lowest BCUT2D eigenvalue weighted by molar-refractivity contribution is 0.559. The van der Waals surface area contributed by atoms with Crippen molar-refractivity contribution in [3.63, 3.8) is 0 Å². The van der Waals surface area contributed by atoms with Crippen LogP contribution in [0.4, 0.5) is 8.78 Å². The number of pyridine rings is 1. The summed E-state index contributed by atoms with van der Waals surface area (Å²) < 4.78 is 29.2. The Morgan fingerprint density at radius 3 is 2.78 bits per heavy atom. The molecular formula is C16H9ClF2N4. The van der Waals surface area contributed by atoms with Crippen molar-refractivity contribution in [2.24, 2.45) is 0 Å². The monoisotopic (exact) mass is 330 g/mol. The van der Waals surface area contributed by atoms with E-state index in [9.17, 15) is 8.78 Å². The summed E-state index contributed by atoms with van der Waals surface area (Å²) in [7, 11) is 0. The molecule has 4 aromatic rings. The molecule has 0 aliphatic carbocycles. The quantitative estimate of drug-likeness (QED) is 0.525. The molecule has 23 heavy (non-hydrogen) atoms. The number of aromatic nitrogens is 4. The Labute approximate surface area is 134 Å². The normalized spacial score (nSPS) is 11.5. The van der Waals surface area contributed by atoms with E-state index in [1.165, 1.54) is 19.2 Å². The minimum atomic E-state index is -0.630. The summed E-state index contributed by atoms with van der Waals surface area (Å²) in [6.45, 7) is 1.48. The van der Waals surface area contributed by atoms with E-state index in [-0.39, 0.29) is 11.3 Å². The summed E-state index contributed by atoms with van der Waals surface area (Å²) in [6, 6.07) is 6.45. The molecule has 0 fully saturated rings. The van der Waals surface area contributed by atoms with E-state index in [4.69, 9.17) is 11.6 Å². The summed E-state index contributed by atoms with van der Waals surface area (Å²) in [4.78, 5) is 12.5. The minimum absolute atomic E-state index is 0.0590. The van der Waals surface area contributed by atoms with Gasteiger partial charge in [0.2, 0.25) is 5.95 Å². The summed E-state index contributed by atoms with van der Waals surface area (Å²) in [5.74, 6) is -0.936. The molecule has 0 amide bonds. The van der Waals surface area contributed by atoms with Crippen LogP contribution in [0.5, 0.6) is 0 Å². The van der Waals surface area contributed by atoms with Crippen molar-refractivity contribution in [3.8, 4) is 11.4 Å². The molecule has 0 aliphatic rings. The van der Waals surface area contributed by atoms with Gasteiger partial charge in [-0.1, -0.05) is 11.6 Å². The number of imidazole rings is 1. The van der Waals surface area contributed by atoms with Gasteiger partial charge in [0.05, 0.1) is 11.2 Å². The maximum Gasteiger partial charge on any atom is 0.220 e. The van der Waals surface area contributed by atoms with Crippen molar-refractivity contribution in [3.05, 3.63) is 59.1 Å². The Kier molecular flexibility index (Phi) is 3.02. The maximum absolute atomic E-state index is 14.2. The molecule has 4 nitrogen and oxygen atoms in total. The second-order valence-electron chi connectivity index (χ2n) is 5.16. The molecule has 0 atom stereocenters. The van der Waals surface area contributed by atoms with Gasteiger partial charge in [-0.3, -0.25) is 4.40 Å². The van der Waals surface area contributed by atoms with Gasteiger partial charge in [0.1, 0.15) is 0 Å². The summed E-state index contributed by atoms with van der Waals surface area (Å²) in [5.41, 5.74) is 1.11. The van der Waals surface area contributed by atoms with Crippen LogP contribution in [0.25, 0.3) is 27.9 Å². The largest absolute Gasteiger partial charge is 0.273 e. The van der Waals surface area contributed by atoms with Crippen molar-refractivity contribution in [2.45, 2.75) is 6.92 Å². The van der Waals surface area contributed by atoms with Gasteiger partial charge in [-0.2, -0.15) is 4.39 Å². The van der Waals surface area contributed by atoms with Crippen LogP contribution in [0, 0.1) is 18.7 Å². The van der Waals surface area contributed by atoms with Crippen molar-refractivity contribution in [1.29, 1.82) is 0 Å². The molecule has 0 saturated carbocycles. The zero-order valence-electron chi connectivity index (χ0n) is 11.9. The topological polar surface area (TPSA) is 43.1 Å². The molecule has 0 spiro atoms. The van der Waals surface area contributed by atoms with Gasteiger partial charge in [-0.05, 0) is 31.2 Å². The average molecular weight is 331 g/mol. The Morgan fingerprint density at radius 1 is 1.13 bits per heavy atom. The first-order valence-electron chi connectivity index (χ1n) is 6.79. The van der Waals surface area contributed by atoms with Gasteiger partial charge in [-0.25, -0.2) is 19.3 Å². The van der Waals surface area contributed by atoms with Gasteiger partial charge in [-0.15, -0.1) is 0 Å². The highest BCUT2D eigenvalue weighted by molar-refractivity contribution is 6.31. The van der Waals surface area contributed by atoms with E-state index in [0.29, 0.717) is 21.9 Å². The highest BCUT2D eigenvalue weighted by Crippen LogP contribution is 2.24. The molecule has 0 unspecified atom stereocenters. The lowest BCUT2D eigenvalue weighted by Gasteiger charge is -2.05. The second-order valence-corrected chi connectivity index (χ2v) is 5.59. The minimum Gasteiger partial charge on any atom is -0.273 e. The highest BCUT2D eigenvalue weighted by Gasteiger charge is 2.15. The number of fused-ring (bicyclic) bond motifs is 2. The van der Waals surface area contributed by atoms with Crippen molar-refractivity contribution in [2.75, 3.05) is 0 Å². The highest BCUT2D eigenvalue weighted by atomic mass is 35.5. The number of aryl methyl sites for hydroxylation is 1. The predicted octanol–water partition coefficient (Wildman–Crippen LogP) is 4.18. The number of hydrogen-bond donors (Lipinski definition) is 0. The van der Waals surface area contributed by atoms with E-state index in [2.05, 4.69) is 15.0 Å². The molecule has 3 aromatic heterocycles. The fourth-order valence-corrected chi connectivity index (χ4v) is 2.64. The number of rotatable bonds is 1. The first kappa shape index (κ1) is 14.0. The van der Waals surface area contributed by atoms with E-state index < -0.39 is 11.8 Å². The fourth-order valence-electron chi connectivity index (χ4n) is 2.46. The molecule has 0 aliphatic heterocycles. The molecule has 0 radical (unpaired) electrons. The number of benzene rings is 1. The van der Waals surface area contributed by atoms with E-state index in [1.807, 2.05) is 0 Å². The predicted molar refractivity (Wildman–Crippen MR) is 83.4 cm³/mol. The summed E-state index contributed by atoms with van der Waals surface area (Å²) >= 11 is 5.92. The SMILES string of the molecule is Cc1nc2c(F)cc(-c3ncc4cc(Cl)ccc4n3)cn2c1F. The van der Waals surface area contributed by atoms with Gasteiger partial charge < -0.3 is 0 Å². The van der Waals surface area contributed by atoms with Crippen LogP contribution in [0.15, 0.2) is 36.7 Å². The number of hydrogen-bond acceptors (Lipinski definition) is 3. The molecule has 4 rings (SSSR count). The Hall–Kier alpha value is -2.60. The molecule has 3 heterocycles. The number of halogens is 3. The zero-order chi connectivity index (χ0) is 16.1. The molecule has 0 N–H and O–H groups in total. The smallest absolute Gasteiger partial charge is 0.220 e. The summed E-state index contributed by atoms with van der Waals surface area (Å²) in [5, 5.41) is 1.35. The van der Waals surface area contributed by atoms with Crippen molar-refractivity contribution >= 4 is 28.2 Å². The third-order valence-electron chi connectivity index (χ3n) is 3.58. The first-order valence-corrected chi connectivity index (χ1v) is 7.17. The number of nitrogens with zero attached hydrogens (tertiary/aromatic N) is 4. The van der Waals surface area contributed by atoms with E-state index >= 15 is 0 Å². The first-order chi connectivity index (χ1) is 11.0. The standard InChI is InChI=1S/C16H9ClF2N4/c1-8-14(19)23-7-10(5-12(18)16(23)21-8)15-20-6-9-4-11(17)2-3-13(9)22-15/h2-7H,1H3. The van der Waals surface area contributed by atoms with Crippen molar-refractivity contribution in [1.82, 2.24) is 19.4 Å². The van der Waals surface area contributed by atoms with Crippen LogP contribution in [0.3, 0.4) is 0 Å². The van der Waals surface area contributed by atoms with Crippen molar-refractivity contribution < 1.29 is 8.78 Å². The molecule has 114 valence electrons. The van der Waals surface area contributed by atoms with Gasteiger partial charge in [0, 0.05) is 28.4 Å². The molecule has 7 heteroatoms. The second kappa shape index (κ2) is 4.96. The molecule has 0 saturated heterocycles. The molecule has 0 bridgehead atoms. The molecular weight excluding hydrogens is 322 g/mol. The van der Waals surface area contributed by atoms with Crippen LogP contribution in [0.1, 0.15) is 5.69 Å². The lowest BCUT2D eigenvalue weighted by atomic mass is 10.2. The summed E-state index contributed by atoms with van der Waals surface area (Å²) in [6.07, 6.45) is 3.03. The van der Waals surface area contributed by atoms with E-state index in [0.717, 1.165) is 9.79 Å². The Morgan fingerprint density at radius 2 is 1.96 bits per heavy atom. The molecule has 1 aromatic carbocycles. The van der Waals surface area contributed by atoms with Crippen LogP contribution in [-0.4, -0.2) is 19.4 Å². The third kappa shape index (κ3) is 2.22.